The molecule has 154 valence electrons. The second-order valence-corrected chi connectivity index (χ2v) is 7.07. The fraction of sp³-hybridized carbons (Fsp3) is 0.905. The molecule has 0 aromatic heterocycles. The monoisotopic (exact) mass is 371 g/mol. The van der Waals surface area contributed by atoms with Gasteiger partial charge in [-0.3, -0.25) is 9.59 Å². The van der Waals surface area contributed by atoms with E-state index in [9.17, 15) is 9.59 Å². The van der Waals surface area contributed by atoms with E-state index < -0.39 is 12.0 Å². The number of ether oxygens (including phenoxy) is 2. The van der Waals surface area contributed by atoms with Gasteiger partial charge in [0.05, 0.1) is 13.2 Å². The summed E-state index contributed by atoms with van der Waals surface area (Å²) in [5.74, 6) is -0.694. The maximum absolute atomic E-state index is 11.8. The van der Waals surface area contributed by atoms with Crippen molar-refractivity contribution in [1.82, 2.24) is 0 Å². The molecule has 0 amide bonds. The molecule has 1 atom stereocenters. The summed E-state index contributed by atoms with van der Waals surface area (Å²) < 4.78 is 10.3. The molecule has 0 spiro atoms. The molecular weight excluding hydrogens is 330 g/mol. The Morgan fingerprint density at radius 1 is 0.731 bits per heavy atom. The lowest BCUT2D eigenvalue weighted by Gasteiger charge is -2.11. The first-order chi connectivity index (χ1) is 12.6. The van der Waals surface area contributed by atoms with Crippen LogP contribution >= 0.6 is 0 Å². The summed E-state index contributed by atoms with van der Waals surface area (Å²) in [7, 11) is 0. The fourth-order valence-electron chi connectivity index (χ4n) is 2.69. The smallest absolute Gasteiger partial charge is 0.322 e. The predicted octanol–water partition coefficient (Wildman–Crippen LogP) is 4.90. The molecule has 0 heterocycles. The minimum Gasteiger partial charge on any atom is -0.466 e. The van der Waals surface area contributed by atoms with Crippen molar-refractivity contribution in [2.45, 2.75) is 110 Å². The van der Waals surface area contributed by atoms with Crippen LogP contribution in [0.5, 0.6) is 0 Å². The Kier molecular flexibility index (Phi) is 17.9. The van der Waals surface area contributed by atoms with Crippen LogP contribution in [-0.4, -0.2) is 31.2 Å². The Morgan fingerprint density at radius 2 is 1.19 bits per heavy atom. The van der Waals surface area contributed by atoms with Gasteiger partial charge in [-0.15, -0.1) is 0 Å². The van der Waals surface area contributed by atoms with Crippen molar-refractivity contribution in [2.75, 3.05) is 13.2 Å². The molecule has 26 heavy (non-hydrogen) atoms. The Hall–Kier alpha value is -1.10. The number of unbranched alkanes of at least 4 members (excludes halogenated alkanes) is 10. The van der Waals surface area contributed by atoms with E-state index in [1.165, 1.54) is 51.4 Å². The maximum Gasteiger partial charge on any atom is 0.322 e. The molecule has 0 rings (SSSR count). The highest BCUT2D eigenvalue weighted by atomic mass is 16.5. The summed E-state index contributed by atoms with van der Waals surface area (Å²) in [6, 6.07) is -0.739. The largest absolute Gasteiger partial charge is 0.466 e. The van der Waals surface area contributed by atoms with E-state index in [0.717, 1.165) is 25.7 Å². The number of esters is 2. The van der Waals surface area contributed by atoms with E-state index in [1.54, 1.807) is 0 Å². The first-order valence-corrected chi connectivity index (χ1v) is 10.7. The van der Waals surface area contributed by atoms with Gasteiger partial charge in [0.15, 0.2) is 0 Å². The number of carbonyl (C=O) groups is 2. The van der Waals surface area contributed by atoms with Gasteiger partial charge >= 0.3 is 11.9 Å². The van der Waals surface area contributed by atoms with Crippen LogP contribution in [0.15, 0.2) is 0 Å². The Bertz CT molecular complexity index is 347. The quantitative estimate of drug-likeness (QED) is 0.274. The summed E-state index contributed by atoms with van der Waals surface area (Å²) in [6.07, 6.45) is 14.3. The molecule has 1 unspecified atom stereocenters. The van der Waals surface area contributed by atoms with Crippen LogP contribution in [0.1, 0.15) is 104 Å². The lowest BCUT2D eigenvalue weighted by molar-refractivity contribution is -0.146. The zero-order chi connectivity index (χ0) is 19.5. The second-order valence-electron chi connectivity index (χ2n) is 7.07. The Balaban J connectivity index is 3.53. The molecule has 0 aromatic carbocycles. The van der Waals surface area contributed by atoms with Crippen molar-refractivity contribution >= 4 is 11.9 Å². The van der Waals surface area contributed by atoms with Gasteiger partial charge in [0.2, 0.25) is 0 Å². The van der Waals surface area contributed by atoms with Gasteiger partial charge in [0.25, 0.3) is 0 Å². The minimum atomic E-state index is -0.739. The Morgan fingerprint density at radius 3 is 1.73 bits per heavy atom. The standard InChI is InChI=1S/C21H41NO4/c1-3-5-7-9-11-13-17-25-20(23)16-15-19(22)21(24)26-18-14-12-10-8-6-4-2/h19H,3-18,22H2,1-2H3. The summed E-state index contributed by atoms with van der Waals surface area (Å²) in [4.78, 5) is 23.4. The number of carbonyl (C=O) groups excluding carboxylic acids is 2. The molecular formula is C21H41NO4. The van der Waals surface area contributed by atoms with Crippen molar-refractivity contribution in [3.63, 3.8) is 0 Å². The summed E-state index contributed by atoms with van der Waals surface area (Å²) in [6.45, 7) is 5.26. The van der Waals surface area contributed by atoms with E-state index in [2.05, 4.69) is 13.8 Å². The van der Waals surface area contributed by atoms with Crippen molar-refractivity contribution in [2.24, 2.45) is 5.73 Å². The number of hydrogen-bond donors (Lipinski definition) is 1. The molecule has 0 fully saturated rings. The third-order valence-corrected chi connectivity index (χ3v) is 4.47. The van der Waals surface area contributed by atoms with Crippen LogP contribution in [0.4, 0.5) is 0 Å². The minimum absolute atomic E-state index is 0.170. The highest BCUT2D eigenvalue weighted by molar-refractivity contribution is 5.77. The van der Waals surface area contributed by atoms with Crippen molar-refractivity contribution in [1.29, 1.82) is 0 Å². The average Bonchev–Trinajstić information content (AvgIpc) is 2.64. The van der Waals surface area contributed by atoms with Crippen LogP contribution < -0.4 is 5.73 Å². The molecule has 0 bridgehead atoms. The average molecular weight is 372 g/mol. The summed E-state index contributed by atoms with van der Waals surface area (Å²) in [5.41, 5.74) is 5.79. The summed E-state index contributed by atoms with van der Waals surface area (Å²) in [5, 5.41) is 0. The van der Waals surface area contributed by atoms with E-state index in [-0.39, 0.29) is 18.8 Å². The van der Waals surface area contributed by atoms with E-state index in [4.69, 9.17) is 15.2 Å². The molecule has 0 radical (unpaired) electrons. The van der Waals surface area contributed by atoms with Crippen LogP contribution in [0.25, 0.3) is 0 Å². The highest BCUT2D eigenvalue weighted by Crippen LogP contribution is 2.07. The topological polar surface area (TPSA) is 78.6 Å². The molecule has 0 aliphatic heterocycles. The lowest BCUT2D eigenvalue weighted by Crippen LogP contribution is -2.33. The van der Waals surface area contributed by atoms with Gasteiger partial charge in [-0.25, -0.2) is 0 Å². The molecule has 5 heteroatoms. The number of hydrogen-bond acceptors (Lipinski definition) is 5. The van der Waals surface area contributed by atoms with E-state index in [1.807, 2.05) is 0 Å². The van der Waals surface area contributed by atoms with Gasteiger partial charge in [-0.1, -0.05) is 78.1 Å². The van der Waals surface area contributed by atoms with E-state index in [0.29, 0.717) is 13.2 Å². The third-order valence-electron chi connectivity index (χ3n) is 4.47. The van der Waals surface area contributed by atoms with Crippen molar-refractivity contribution in [3.8, 4) is 0 Å². The Labute approximate surface area is 160 Å². The summed E-state index contributed by atoms with van der Waals surface area (Å²) >= 11 is 0. The van der Waals surface area contributed by atoms with Crippen LogP contribution in [0, 0.1) is 0 Å². The number of nitrogens with two attached hydrogens (primary N) is 1. The van der Waals surface area contributed by atoms with Gasteiger partial charge in [-0.05, 0) is 19.3 Å². The zero-order valence-electron chi connectivity index (χ0n) is 17.1. The normalized spacial score (nSPS) is 12.0. The first-order valence-electron chi connectivity index (χ1n) is 10.7. The van der Waals surface area contributed by atoms with Crippen LogP contribution in [-0.2, 0) is 19.1 Å². The molecule has 0 aliphatic carbocycles. The highest BCUT2D eigenvalue weighted by Gasteiger charge is 2.17. The molecule has 0 aromatic rings. The molecule has 2 N–H and O–H groups in total. The van der Waals surface area contributed by atoms with Gasteiger partial charge < -0.3 is 15.2 Å². The molecule has 0 aliphatic rings. The zero-order valence-corrected chi connectivity index (χ0v) is 17.1. The van der Waals surface area contributed by atoms with Crippen LogP contribution in [0.3, 0.4) is 0 Å². The first kappa shape index (κ1) is 24.9. The molecule has 0 saturated heterocycles. The lowest BCUT2D eigenvalue weighted by atomic mass is 10.1. The molecule has 5 nitrogen and oxygen atoms in total. The second kappa shape index (κ2) is 18.7. The van der Waals surface area contributed by atoms with E-state index >= 15 is 0 Å². The SMILES string of the molecule is CCCCCCCCOC(=O)CCC(N)C(=O)OCCCCCCCC. The van der Waals surface area contributed by atoms with Gasteiger partial charge in [-0.2, -0.15) is 0 Å². The van der Waals surface area contributed by atoms with Crippen molar-refractivity contribution < 1.29 is 19.1 Å². The third kappa shape index (κ3) is 16.4. The predicted molar refractivity (Wildman–Crippen MR) is 106 cm³/mol. The van der Waals surface area contributed by atoms with Gasteiger partial charge in [0.1, 0.15) is 6.04 Å². The molecule has 0 saturated carbocycles. The number of rotatable bonds is 18. The van der Waals surface area contributed by atoms with Crippen molar-refractivity contribution in [3.05, 3.63) is 0 Å². The van der Waals surface area contributed by atoms with Crippen LogP contribution in [0.2, 0.25) is 0 Å². The maximum atomic E-state index is 11.8. The van der Waals surface area contributed by atoms with Gasteiger partial charge in [0, 0.05) is 6.42 Å². The fourth-order valence-corrected chi connectivity index (χ4v) is 2.69.